The van der Waals surface area contributed by atoms with Gasteiger partial charge in [0.15, 0.2) is 11.9 Å². The van der Waals surface area contributed by atoms with Gasteiger partial charge in [-0.1, -0.05) is 53.5 Å². The Morgan fingerprint density at radius 1 is 1.08 bits per heavy atom. The van der Waals surface area contributed by atoms with Crippen molar-refractivity contribution >= 4 is 73.0 Å². The molecule has 1 aliphatic rings. The predicted molar refractivity (Wildman–Crippen MR) is 241 cm³/mol. The molecule has 2 heterocycles. The number of aliphatic carboxylic acids is 1. The van der Waals surface area contributed by atoms with Gasteiger partial charge in [-0.3, -0.25) is 43.5 Å². The van der Waals surface area contributed by atoms with Crippen LogP contribution in [0.2, 0.25) is 0 Å². The Hall–Kier alpha value is -4.07. The first-order chi connectivity index (χ1) is 29.5. The van der Waals surface area contributed by atoms with Gasteiger partial charge in [-0.25, -0.2) is 9.55 Å². The molecule has 3 rings (SSSR count). The van der Waals surface area contributed by atoms with Crippen molar-refractivity contribution in [3.63, 3.8) is 0 Å². The Bertz CT molecular complexity index is 1950. The quantitative estimate of drug-likeness (QED) is 0.0406. The highest BCUT2D eigenvalue weighted by atomic mass is 32.1. The summed E-state index contributed by atoms with van der Waals surface area (Å²) in [4.78, 5) is 106. The lowest BCUT2D eigenvalue weighted by Gasteiger charge is -2.38. The third-order valence-corrected chi connectivity index (χ3v) is 12.9. The second-order valence-corrected chi connectivity index (χ2v) is 19.2. The van der Waals surface area contributed by atoms with E-state index >= 15 is 0 Å². The fourth-order valence-electron chi connectivity index (χ4n) is 7.48. The number of aromatic nitrogens is 1. The number of carboxylic acids is 1. The first kappa shape index (κ1) is 53.3. The van der Waals surface area contributed by atoms with Crippen molar-refractivity contribution in [2.24, 2.45) is 17.8 Å². The minimum Gasteiger partial charge on any atom is -0.481 e. The summed E-state index contributed by atoms with van der Waals surface area (Å²) >= 11 is 5.19. The van der Waals surface area contributed by atoms with E-state index in [0.29, 0.717) is 35.6 Å². The third kappa shape index (κ3) is 16.8. The highest BCUT2D eigenvalue weighted by molar-refractivity contribution is 7.80. The number of thiazole rings is 1. The van der Waals surface area contributed by atoms with Crippen molar-refractivity contribution in [1.29, 1.82) is 0 Å². The fourth-order valence-corrected chi connectivity index (χ4v) is 8.90. The van der Waals surface area contributed by atoms with Crippen molar-refractivity contribution in [3.05, 3.63) is 39.8 Å². The number of rotatable bonds is 24. The Labute approximate surface area is 379 Å². The van der Waals surface area contributed by atoms with Crippen molar-refractivity contribution in [2.75, 3.05) is 31.7 Å². The molecule has 63 heavy (non-hydrogen) atoms. The lowest BCUT2D eigenvalue weighted by atomic mass is 9.92. The van der Waals surface area contributed by atoms with Gasteiger partial charge in [-0.05, 0) is 81.0 Å². The second-order valence-electron chi connectivity index (χ2n) is 16.7. The summed E-state index contributed by atoms with van der Waals surface area (Å²) in [5.74, 6) is -4.32. The average molecular weight is 941 g/mol. The van der Waals surface area contributed by atoms with E-state index in [4.69, 9.17) is 9.26 Å². The van der Waals surface area contributed by atoms with E-state index in [1.807, 2.05) is 39.6 Å². The van der Waals surface area contributed by atoms with Gasteiger partial charge in [0.2, 0.25) is 17.7 Å². The summed E-state index contributed by atoms with van der Waals surface area (Å²) in [6.07, 6.45) is 3.00. The number of likely N-dealkylation sites (tertiary alicyclic amines) is 1. The molecule has 21 heteroatoms. The van der Waals surface area contributed by atoms with Gasteiger partial charge in [-0.2, -0.15) is 12.6 Å². The zero-order valence-electron chi connectivity index (χ0n) is 37.4. The molecule has 1 saturated heterocycles. The van der Waals surface area contributed by atoms with Gasteiger partial charge >= 0.3 is 19.8 Å². The van der Waals surface area contributed by atoms with Gasteiger partial charge in [0.25, 0.3) is 5.91 Å². The summed E-state index contributed by atoms with van der Waals surface area (Å²) in [5, 5.41) is 20.0. The van der Waals surface area contributed by atoms with Crippen molar-refractivity contribution in [2.45, 2.75) is 130 Å². The third-order valence-electron chi connectivity index (χ3n) is 11.2. The molecule has 0 spiro atoms. The van der Waals surface area contributed by atoms with E-state index in [0.717, 1.165) is 30.7 Å². The molecule has 1 aromatic heterocycles. The Morgan fingerprint density at radius 2 is 1.78 bits per heavy atom. The number of nitrogens with zero attached hydrogens (tertiary/aromatic N) is 3. The number of phosphoric ester groups is 1. The van der Waals surface area contributed by atoms with E-state index < -0.39 is 61.7 Å². The monoisotopic (exact) mass is 940 g/mol. The van der Waals surface area contributed by atoms with Crippen LogP contribution in [0.5, 0.6) is 5.75 Å². The number of anilines is 1. The van der Waals surface area contributed by atoms with Crippen molar-refractivity contribution < 1.29 is 57.5 Å². The van der Waals surface area contributed by atoms with Crippen LogP contribution in [0.25, 0.3) is 0 Å². The molecule has 1 aromatic carbocycles. The number of nitrogens with one attached hydrogen (secondary N) is 3. The average Bonchev–Trinajstić information content (AvgIpc) is 3.71. The van der Waals surface area contributed by atoms with Gasteiger partial charge in [0, 0.05) is 44.3 Å². The van der Waals surface area contributed by atoms with E-state index in [9.17, 15) is 48.2 Å². The maximum Gasteiger partial charge on any atom is 0.524 e. The van der Waals surface area contributed by atoms with Gasteiger partial charge in [0.1, 0.15) is 16.7 Å². The van der Waals surface area contributed by atoms with Crippen LogP contribution >= 0.6 is 31.8 Å². The number of carbonyl (C=O) groups is 6. The zero-order chi connectivity index (χ0) is 47.2. The van der Waals surface area contributed by atoms with Crippen LogP contribution < -0.4 is 20.5 Å². The maximum atomic E-state index is 14.3. The lowest BCUT2D eigenvalue weighted by Crippen LogP contribution is -2.58. The summed E-state index contributed by atoms with van der Waals surface area (Å²) < 4.78 is 22.3. The summed E-state index contributed by atoms with van der Waals surface area (Å²) in [7, 11) is -1.43. The fraction of sp³-hybridized carbons (Fsp3) is 0.643. The minimum atomic E-state index is -5.01. The standard InChI is InChI=1S/C42H65N6O12PS2/c1-9-25(4)37(46-39(52)32-13-10-11-17-47(32)7)41(53)48(8)33(24(2)3)22-35(59-27(6)49)40-45-31(23-63-40)38(51)43-29(19-26(5)42(54)55)20-28-15-16-34(60-61(56,57)58)30(21-28)44-36(50)14-12-18-62/h15-16,21,23-26,29,32-33,35,37,62H,9-14,17-20,22H2,1-8H3,(H,43,51)(H,44,50)(H,46,52)(H,54,55)(H2,56,57,58)/t25-,26?,29+,32?,33+,35+,37?/m0/s1. The molecule has 352 valence electrons. The zero-order valence-corrected chi connectivity index (χ0v) is 40.0. The number of piperidine rings is 1. The normalized spacial score (nSPS) is 17.4. The van der Waals surface area contributed by atoms with Crippen LogP contribution in [0.4, 0.5) is 5.69 Å². The number of ether oxygens (including phenoxy) is 1. The molecule has 18 nitrogen and oxygen atoms in total. The van der Waals surface area contributed by atoms with Gasteiger partial charge in [-0.15, -0.1) is 11.3 Å². The van der Waals surface area contributed by atoms with Crippen molar-refractivity contribution in [3.8, 4) is 5.75 Å². The highest BCUT2D eigenvalue weighted by Crippen LogP contribution is 2.41. The molecule has 1 fully saturated rings. The van der Waals surface area contributed by atoms with E-state index in [-0.39, 0.29) is 72.5 Å². The molecule has 6 N–H and O–H groups in total. The Kier molecular flexibility index (Phi) is 21.0. The number of likely N-dealkylation sites (N-methyl/N-ethyl adjacent to an activating group) is 2. The number of hydrogen-bond donors (Lipinski definition) is 7. The van der Waals surface area contributed by atoms with E-state index in [1.54, 1.807) is 11.9 Å². The summed E-state index contributed by atoms with van der Waals surface area (Å²) in [6.45, 7) is 11.3. The van der Waals surface area contributed by atoms with Crippen LogP contribution in [-0.4, -0.2) is 116 Å². The lowest BCUT2D eigenvalue weighted by molar-refractivity contribution is -0.149. The molecule has 0 saturated carbocycles. The molecule has 0 radical (unpaired) electrons. The number of thiol groups is 1. The molecule has 3 unspecified atom stereocenters. The molecular formula is C42H65N6O12PS2. The van der Waals surface area contributed by atoms with Crippen molar-refractivity contribution in [1.82, 2.24) is 25.4 Å². The van der Waals surface area contributed by atoms with Gasteiger partial charge in [0.05, 0.1) is 17.6 Å². The van der Waals surface area contributed by atoms with Crippen LogP contribution in [-0.2, 0) is 39.7 Å². The maximum absolute atomic E-state index is 14.3. The number of carbonyl (C=O) groups excluding carboxylic acids is 5. The Balaban J connectivity index is 1.88. The number of esters is 1. The highest BCUT2D eigenvalue weighted by Gasteiger charge is 2.37. The molecule has 0 bridgehead atoms. The smallest absolute Gasteiger partial charge is 0.481 e. The van der Waals surface area contributed by atoms with Crippen LogP contribution in [0.1, 0.15) is 120 Å². The van der Waals surface area contributed by atoms with E-state index in [1.165, 1.54) is 37.4 Å². The largest absolute Gasteiger partial charge is 0.524 e. The predicted octanol–water partition coefficient (Wildman–Crippen LogP) is 5.21. The van der Waals surface area contributed by atoms with Crippen LogP contribution in [0.3, 0.4) is 0 Å². The second kappa shape index (κ2) is 24.8. The summed E-state index contributed by atoms with van der Waals surface area (Å²) in [5.41, 5.74) is 0.418. The Morgan fingerprint density at radius 3 is 2.37 bits per heavy atom. The molecule has 0 aliphatic carbocycles. The number of amides is 4. The van der Waals surface area contributed by atoms with Crippen LogP contribution in [0, 0.1) is 17.8 Å². The van der Waals surface area contributed by atoms with Gasteiger partial charge < -0.3 is 35.2 Å². The number of phosphoric acid groups is 1. The molecule has 7 atom stereocenters. The number of carboxylic acid groups (broad SMARTS) is 1. The van der Waals surface area contributed by atoms with E-state index in [2.05, 4.69) is 33.6 Å². The number of benzene rings is 1. The first-order valence-corrected chi connectivity index (χ1v) is 24.3. The number of hydrogen-bond acceptors (Lipinski definition) is 13. The molecule has 4 amide bonds. The first-order valence-electron chi connectivity index (χ1n) is 21.3. The summed E-state index contributed by atoms with van der Waals surface area (Å²) in [6, 6.07) is 1.77. The molecule has 2 aromatic rings. The minimum absolute atomic E-state index is 0.0234. The molecular weight excluding hydrogens is 876 g/mol. The molecule has 1 aliphatic heterocycles. The SMILES string of the molecule is CC[C@H](C)C(NC(=O)C1CCCCN1C)C(=O)N(C)[C@H](C[C@@H](OC(C)=O)c1nc(C(=O)N[C@@H](Cc2ccc(OP(=O)(O)O)c(NC(=O)CCCS)c2)CC(C)C(=O)O)cs1)C(C)C. The van der Waals surface area contributed by atoms with Crippen LogP contribution in [0.15, 0.2) is 23.6 Å². The topological polar surface area (TPSA) is 254 Å².